The maximum Gasteiger partial charge on any atom is 0.413 e. The molecule has 0 bridgehead atoms. The van der Waals surface area contributed by atoms with E-state index >= 15 is 0 Å². The van der Waals surface area contributed by atoms with Crippen molar-refractivity contribution in [2.24, 2.45) is 0 Å². The lowest BCUT2D eigenvalue weighted by molar-refractivity contribution is -0.116. The molecule has 0 aliphatic carbocycles. The van der Waals surface area contributed by atoms with Crippen LogP contribution in [0.1, 0.15) is 6.92 Å². The molecule has 0 saturated carbocycles. The van der Waals surface area contributed by atoms with Crippen molar-refractivity contribution in [2.45, 2.75) is 13.5 Å². The lowest BCUT2D eigenvalue weighted by atomic mass is 10.2. The summed E-state index contributed by atoms with van der Waals surface area (Å²) in [7, 11) is 1.60. The van der Waals surface area contributed by atoms with Gasteiger partial charge in [-0.05, 0) is 49.4 Å². The zero-order valence-electron chi connectivity index (χ0n) is 15.9. The fourth-order valence-corrected chi connectivity index (χ4v) is 3.05. The second-order valence-corrected chi connectivity index (χ2v) is 7.11. The van der Waals surface area contributed by atoms with Gasteiger partial charge in [0.05, 0.1) is 23.8 Å². The molecule has 0 saturated heterocycles. The molecule has 0 aliphatic rings. The molecule has 3 rings (SSSR count). The van der Waals surface area contributed by atoms with Crippen molar-refractivity contribution >= 4 is 50.2 Å². The molecule has 8 nitrogen and oxygen atoms in total. The molecule has 1 heterocycles. The Morgan fingerprint density at radius 3 is 2.62 bits per heavy atom. The number of ether oxygens (including phenoxy) is 1. The van der Waals surface area contributed by atoms with Gasteiger partial charge in [0.25, 0.3) is 5.56 Å². The Morgan fingerprint density at radius 1 is 1.21 bits per heavy atom. The van der Waals surface area contributed by atoms with Gasteiger partial charge in [0.2, 0.25) is 5.91 Å². The zero-order chi connectivity index (χ0) is 21.0. The molecule has 0 unspecified atom stereocenters. The standard InChI is InChI=1S/C20H19BrN4O4/c1-3-29-20(28)24(2)15-7-5-14(6-8-15)23-18(26)11-25-12-22-17-9-4-13(21)10-16(17)19(25)27/h4-10,12H,3,11H2,1-2H3,(H,23,26). The zero-order valence-corrected chi connectivity index (χ0v) is 17.5. The summed E-state index contributed by atoms with van der Waals surface area (Å²) < 4.78 is 6.96. The molecule has 9 heteroatoms. The molecule has 1 aromatic heterocycles. The van der Waals surface area contributed by atoms with Gasteiger partial charge in [-0.2, -0.15) is 0 Å². The van der Waals surface area contributed by atoms with Crippen molar-refractivity contribution < 1.29 is 14.3 Å². The molecule has 29 heavy (non-hydrogen) atoms. The van der Waals surface area contributed by atoms with Crippen molar-refractivity contribution in [3.63, 3.8) is 0 Å². The van der Waals surface area contributed by atoms with Gasteiger partial charge in [-0.3, -0.25) is 19.1 Å². The van der Waals surface area contributed by atoms with Crippen LogP contribution in [0.2, 0.25) is 0 Å². The molecule has 0 spiro atoms. The minimum absolute atomic E-state index is 0.168. The average Bonchev–Trinajstić information content (AvgIpc) is 2.70. The van der Waals surface area contributed by atoms with Crippen molar-refractivity contribution in [1.29, 1.82) is 0 Å². The quantitative estimate of drug-likeness (QED) is 0.632. The number of nitrogens with zero attached hydrogens (tertiary/aromatic N) is 3. The van der Waals surface area contributed by atoms with Gasteiger partial charge in [-0.15, -0.1) is 0 Å². The van der Waals surface area contributed by atoms with Gasteiger partial charge < -0.3 is 10.1 Å². The van der Waals surface area contributed by atoms with Crippen LogP contribution in [0.15, 0.2) is 58.1 Å². The number of fused-ring (bicyclic) bond motifs is 1. The lowest BCUT2D eigenvalue weighted by Crippen LogP contribution is -2.28. The van der Waals surface area contributed by atoms with Crippen molar-refractivity contribution in [3.8, 4) is 0 Å². The minimum Gasteiger partial charge on any atom is -0.449 e. The summed E-state index contributed by atoms with van der Waals surface area (Å²) in [6.45, 7) is 1.86. The van der Waals surface area contributed by atoms with Gasteiger partial charge in [0.15, 0.2) is 0 Å². The van der Waals surface area contributed by atoms with E-state index < -0.39 is 6.09 Å². The number of amides is 2. The minimum atomic E-state index is -0.459. The number of hydrogen-bond donors (Lipinski definition) is 1. The summed E-state index contributed by atoms with van der Waals surface area (Å²) in [6, 6.07) is 11.9. The monoisotopic (exact) mass is 458 g/mol. The highest BCUT2D eigenvalue weighted by molar-refractivity contribution is 9.10. The Kier molecular flexibility index (Phi) is 6.28. The summed E-state index contributed by atoms with van der Waals surface area (Å²) in [5.41, 5.74) is 1.44. The fraction of sp³-hybridized carbons (Fsp3) is 0.200. The van der Waals surface area contributed by atoms with E-state index in [-0.39, 0.29) is 24.6 Å². The highest BCUT2D eigenvalue weighted by Gasteiger charge is 2.12. The van der Waals surface area contributed by atoms with Gasteiger partial charge in [0, 0.05) is 22.9 Å². The van der Waals surface area contributed by atoms with Gasteiger partial charge in [-0.1, -0.05) is 15.9 Å². The van der Waals surface area contributed by atoms with E-state index in [2.05, 4.69) is 26.2 Å². The molecule has 3 aromatic rings. The molecular formula is C20H19BrN4O4. The van der Waals surface area contributed by atoms with Crippen molar-refractivity contribution in [3.05, 3.63) is 63.6 Å². The Labute approximate surface area is 175 Å². The number of aromatic nitrogens is 2. The smallest absolute Gasteiger partial charge is 0.413 e. The average molecular weight is 459 g/mol. The molecular weight excluding hydrogens is 440 g/mol. The third-order valence-electron chi connectivity index (χ3n) is 4.18. The number of anilines is 2. The maximum absolute atomic E-state index is 12.6. The van der Waals surface area contributed by atoms with Crippen LogP contribution in [0.5, 0.6) is 0 Å². The predicted octanol–water partition coefficient (Wildman–Crippen LogP) is 3.39. The number of benzene rings is 2. The van der Waals surface area contributed by atoms with Crippen molar-refractivity contribution in [1.82, 2.24) is 9.55 Å². The number of nitrogens with one attached hydrogen (secondary N) is 1. The number of rotatable bonds is 5. The van der Waals surface area contributed by atoms with Gasteiger partial charge >= 0.3 is 6.09 Å². The summed E-state index contributed by atoms with van der Waals surface area (Å²) >= 11 is 3.33. The lowest BCUT2D eigenvalue weighted by Gasteiger charge is -2.17. The first kappa shape index (κ1) is 20.5. The Bertz CT molecular complexity index is 1110. The second kappa shape index (κ2) is 8.87. The largest absolute Gasteiger partial charge is 0.449 e. The first-order valence-electron chi connectivity index (χ1n) is 8.84. The number of carbonyl (C=O) groups is 2. The summed E-state index contributed by atoms with van der Waals surface area (Å²) in [4.78, 5) is 42.3. The van der Waals surface area contributed by atoms with Crippen LogP contribution < -0.4 is 15.8 Å². The van der Waals surface area contributed by atoms with Crippen LogP contribution in [0, 0.1) is 0 Å². The first-order chi connectivity index (χ1) is 13.9. The van der Waals surface area contributed by atoms with E-state index in [1.165, 1.54) is 15.8 Å². The van der Waals surface area contributed by atoms with Gasteiger partial charge in [-0.25, -0.2) is 9.78 Å². The summed E-state index contributed by atoms with van der Waals surface area (Å²) in [5, 5.41) is 3.16. The Morgan fingerprint density at radius 2 is 1.93 bits per heavy atom. The number of hydrogen-bond acceptors (Lipinski definition) is 5. The molecule has 0 atom stereocenters. The molecule has 1 N–H and O–H groups in total. The number of carbonyl (C=O) groups excluding carboxylic acids is 2. The van der Waals surface area contributed by atoms with Crippen molar-refractivity contribution in [2.75, 3.05) is 23.9 Å². The SMILES string of the molecule is CCOC(=O)N(C)c1ccc(NC(=O)Cn2cnc3ccc(Br)cc3c2=O)cc1. The molecule has 0 radical (unpaired) electrons. The fourth-order valence-electron chi connectivity index (χ4n) is 2.69. The van der Waals surface area contributed by atoms with Crippen LogP contribution in [0.4, 0.5) is 16.2 Å². The molecule has 2 amide bonds. The van der Waals surface area contributed by atoms with Crippen LogP contribution in [-0.2, 0) is 16.1 Å². The summed E-state index contributed by atoms with van der Waals surface area (Å²) in [5.74, 6) is -0.366. The second-order valence-electron chi connectivity index (χ2n) is 6.19. The van der Waals surface area contributed by atoms with Crippen LogP contribution >= 0.6 is 15.9 Å². The highest BCUT2D eigenvalue weighted by atomic mass is 79.9. The summed E-state index contributed by atoms with van der Waals surface area (Å²) in [6.07, 6.45) is 0.898. The molecule has 0 fully saturated rings. The van der Waals surface area contributed by atoms with E-state index in [4.69, 9.17) is 4.74 Å². The maximum atomic E-state index is 12.6. The third-order valence-corrected chi connectivity index (χ3v) is 4.67. The Hall–Kier alpha value is -3.20. The van der Waals surface area contributed by atoms with E-state index in [9.17, 15) is 14.4 Å². The highest BCUT2D eigenvalue weighted by Crippen LogP contribution is 2.18. The molecule has 0 aliphatic heterocycles. The normalized spacial score (nSPS) is 10.6. The molecule has 2 aromatic carbocycles. The Balaban J connectivity index is 1.70. The van der Waals surface area contributed by atoms with E-state index in [0.29, 0.717) is 22.3 Å². The van der Waals surface area contributed by atoms with E-state index in [0.717, 1.165) is 4.47 Å². The van der Waals surface area contributed by atoms with Gasteiger partial charge in [0.1, 0.15) is 6.54 Å². The third kappa shape index (κ3) is 4.80. The van der Waals surface area contributed by atoms with E-state index in [1.807, 2.05) is 0 Å². The predicted molar refractivity (Wildman–Crippen MR) is 114 cm³/mol. The molecule has 150 valence electrons. The topological polar surface area (TPSA) is 93.5 Å². The van der Waals surface area contributed by atoms with Crippen LogP contribution in [0.3, 0.4) is 0 Å². The van der Waals surface area contributed by atoms with E-state index in [1.54, 1.807) is 56.4 Å². The number of halogens is 1. The van der Waals surface area contributed by atoms with Crippen LogP contribution in [-0.4, -0.2) is 35.2 Å². The first-order valence-corrected chi connectivity index (χ1v) is 9.63. The van der Waals surface area contributed by atoms with Crippen LogP contribution in [0.25, 0.3) is 10.9 Å².